The molecule has 1 fully saturated rings. The van der Waals surface area contributed by atoms with Crippen LogP contribution in [0.25, 0.3) is 0 Å². The average molecular weight is 411 g/mol. The van der Waals surface area contributed by atoms with Crippen molar-refractivity contribution in [3.05, 3.63) is 59.7 Å². The lowest BCUT2D eigenvalue weighted by Gasteiger charge is -2.36. The van der Waals surface area contributed by atoms with Crippen molar-refractivity contribution in [2.75, 3.05) is 33.3 Å². The molecule has 1 aliphatic rings. The van der Waals surface area contributed by atoms with Gasteiger partial charge in [-0.1, -0.05) is 32.0 Å². The molecule has 1 heterocycles. The van der Waals surface area contributed by atoms with Crippen LogP contribution in [-0.4, -0.2) is 61.0 Å². The van der Waals surface area contributed by atoms with E-state index in [1.165, 1.54) is 0 Å². The fraction of sp³-hybridized carbons (Fsp3) is 0.417. The van der Waals surface area contributed by atoms with E-state index in [-0.39, 0.29) is 11.8 Å². The van der Waals surface area contributed by atoms with Crippen LogP contribution in [0.3, 0.4) is 0 Å². The Bertz CT molecular complexity index is 871. The third-order valence-corrected chi connectivity index (χ3v) is 5.41. The van der Waals surface area contributed by atoms with E-state index in [1.54, 1.807) is 48.1 Å². The number of hydrogen-bond acceptors (Lipinski definition) is 4. The lowest BCUT2D eigenvalue weighted by molar-refractivity contribution is -0.139. The Hall–Kier alpha value is -3.02. The molecule has 0 saturated carbocycles. The standard InChI is InChI=1S/C24H30N2O4/c1-17(2)21-7-5-6-8-22(21)30-18(3)23(27)25-13-15-26(16-14-25)24(28)19-9-11-20(29-4)12-10-19/h5-12,17-18H,13-16H2,1-4H3. The SMILES string of the molecule is COc1ccc(C(=O)N2CCN(C(=O)C(C)Oc3ccccc3C(C)C)CC2)cc1. The second kappa shape index (κ2) is 9.65. The number of rotatable bonds is 6. The van der Waals surface area contributed by atoms with Gasteiger partial charge in [-0.3, -0.25) is 9.59 Å². The van der Waals surface area contributed by atoms with Crippen molar-refractivity contribution in [3.8, 4) is 11.5 Å². The molecule has 2 aromatic carbocycles. The van der Waals surface area contributed by atoms with Crippen LogP contribution < -0.4 is 9.47 Å². The number of benzene rings is 2. The third-order valence-electron chi connectivity index (χ3n) is 5.41. The molecule has 160 valence electrons. The van der Waals surface area contributed by atoms with E-state index in [9.17, 15) is 9.59 Å². The van der Waals surface area contributed by atoms with Gasteiger partial charge >= 0.3 is 0 Å². The quantitative estimate of drug-likeness (QED) is 0.731. The molecule has 0 radical (unpaired) electrons. The summed E-state index contributed by atoms with van der Waals surface area (Å²) >= 11 is 0. The van der Waals surface area contributed by atoms with Gasteiger partial charge in [0.05, 0.1) is 7.11 Å². The predicted molar refractivity (Wildman–Crippen MR) is 116 cm³/mol. The van der Waals surface area contributed by atoms with Crippen molar-refractivity contribution in [1.82, 2.24) is 9.80 Å². The summed E-state index contributed by atoms with van der Waals surface area (Å²) in [5.41, 5.74) is 1.71. The van der Waals surface area contributed by atoms with E-state index in [2.05, 4.69) is 13.8 Å². The highest BCUT2D eigenvalue weighted by molar-refractivity contribution is 5.94. The maximum atomic E-state index is 12.9. The summed E-state index contributed by atoms with van der Waals surface area (Å²) in [4.78, 5) is 29.2. The van der Waals surface area contributed by atoms with Gasteiger partial charge in [-0.2, -0.15) is 0 Å². The van der Waals surface area contributed by atoms with Gasteiger partial charge in [0.15, 0.2) is 6.10 Å². The van der Waals surface area contributed by atoms with Crippen LogP contribution in [-0.2, 0) is 4.79 Å². The topological polar surface area (TPSA) is 59.1 Å². The van der Waals surface area contributed by atoms with E-state index < -0.39 is 6.10 Å². The molecule has 1 unspecified atom stereocenters. The van der Waals surface area contributed by atoms with Crippen LogP contribution in [0.15, 0.2) is 48.5 Å². The van der Waals surface area contributed by atoms with Gasteiger partial charge in [-0.05, 0) is 48.7 Å². The first-order chi connectivity index (χ1) is 14.4. The summed E-state index contributed by atoms with van der Waals surface area (Å²) in [7, 11) is 1.60. The summed E-state index contributed by atoms with van der Waals surface area (Å²) in [5, 5.41) is 0. The number of carbonyl (C=O) groups excluding carboxylic acids is 2. The van der Waals surface area contributed by atoms with Crippen LogP contribution in [0.1, 0.15) is 42.6 Å². The van der Waals surface area contributed by atoms with E-state index >= 15 is 0 Å². The zero-order chi connectivity index (χ0) is 21.7. The molecule has 3 rings (SSSR count). The molecule has 1 saturated heterocycles. The van der Waals surface area contributed by atoms with Gasteiger partial charge in [0.25, 0.3) is 11.8 Å². The Morgan fingerprint density at radius 2 is 1.47 bits per heavy atom. The molecule has 6 heteroatoms. The highest BCUT2D eigenvalue weighted by Crippen LogP contribution is 2.27. The zero-order valence-electron chi connectivity index (χ0n) is 18.1. The molecule has 0 bridgehead atoms. The van der Waals surface area contributed by atoms with Crippen molar-refractivity contribution in [2.45, 2.75) is 32.8 Å². The largest absolute Gasteiger partial charge is 0.497 e. The van der Waals surface area contributed by atoms with Crippen molar-refractivity contribution < 1.29 is 19.1 Å². The number of para-hydroxylation sites is 1. The number of ether oxygens (including phenoxy) is 2. The Morgan fingerprint density at radius 3 is 2.07 bits per heavy atom. The van der Waals surface area contributed by atoms with Gasteiger partial charge in [0.2, 0.25) is 0 Å². The highest BCUT2D eigenvalue weighted by atomic mass is 16.5. The summed E-state index contributed by atoms with van der Waals surface area (Å²) in [6.45, 7) is 8.01. The zero-order valence-corrected chi connectivity index (χ0v) is 18.1. The number of nitrogens with zero attached hydrogens (tertiary/aromatic N) is 2. The van der Waals surface area contributed by atoms with Crippen LogP contribution in [0.2, 0.25) is 0 Å². The first-order valence-corrected chi connectivity index (χ1v) is 10.4. The molecule has 30 heavy (non-hydrogen) atoms. The summed E-state index contributed by atoms with van der Waals surface area (Å²) in [6, 6.07) is 14.9. The van der Waals surface area contributed by atoms with Crippen molar-refractivity contribution in [2.24, 2.45) is 0 Å². The second-order valence-corrected chi connectivity index (χ2v) is 7.80. The van der Waals surface area contributed by atoms with E-state index in [1.807, 2.05) is 24.3 Å². The monoisotopic (exact) mass is 410 g/mol. The van der Waals surface area contributed by atoms with Crippen LogP contribution >= 0.6 is 0 Å². The Morgan fingerprint density at radius 1 is 0.867 bits per heavy atom. The Balaban J connectivity index is 1.56. The van der Waals surface area contributed by atoms with Crippen molar-refractivity contribution in [3.63, 3.8) is 0 Å². The maximum Gasteiger partial charge on any atom is 0.263 e. The van der Waals surface area contributed by atoms with E-state index in [4.69, 9.17) is 9.47 Å². The smallest absolute Gasteiger partial charge is 0.263 e. The van der Waals surface area contributed by atoms with Crippen LogP contribution in [0.4, 0.5) is 0 Å². The number of piperazine rings is 1. The first kappa shape index (κ1) is 21.7. The molecule has 0 aromatic heterocycles. The highest BCUT2D eigenvalue weighted by Gasteiger charge is 2.28. The average Bonchev–Trinajstić information content (AvgIpc) is 2.78. The molecule has 2 amide bonds. The number of carbonyl (C=O) groups is 2. The third kappa shape index (κ3) is 4.93. The molecular formula is C24H30N2O4. The molecule has 0 N–H and O–H groups in total. The molecule has 1 aliphatic heterocycles. The molecule has 0 spiro atoms. The maximum absolute atomic E-state index is 12.9. The Kier molecular flexibility index (Phi) is 6.98. The minimum absolute atomic E-state index is 0.0279. The first-order valence-electron chi connectivity index (χ1n) is 10.4. The Labute approximate surface area is 178 Å². The fourth-order valence-electron chi connectivity index (χ4n) is 3.61. The molecule has 1 atom stereocenters. The molecule has 2 aromatic rings. The number of hydrogen-bond donors (Lipinski definition) is 0. The van der Waals surface area contributed by atoms with Gasteiger partial charge in [0, 0.05) is 31.7 Å². The lowest BCUT2D eigenvalue weighted by Crippen LogP contribution is -2.53. The minimum Gasteiger partial charge on any atom is -0.497 e. The van der Waals surface area contributed by atoms with Gasteiger partial charge in [0.1, 0.15) is 11.5 Å². The molecule has 0 aliphatic carbocycles. The predicted octanol–water partition coefficient (Wildman–Crippen LogP) is 3.57. The minimum atomic E-state index is -0.575. The normalized spacial score (nSPS) is 15.1. The van der Waals surface area contributed by atoms with Gasteiger partial charge in [-0.25, -0.2) is 0 Å². The van der Waals surface area contributed by atoms with Crippen molar-refractivity contribution in [1.29, 1.82) is 0 Å². The van der Waals surface area contributed by atoms with Gasteiger partial charge < -0.3 is 19.3 Å². The van der Waals surface area contributed by atoms with Crippen LogP contribution in [0, 0.1) is 0 Å². The summed E-state index contributed by atoms with van der Waals surface area (Å²) in [6.07, 6.45) is -0.575. The molecular weight excluding hydrogens is 380 g/mol. The van der Waals surface area contributed by atoms with Crippen molar-refractivity contribution >= 4 is 11.8 Å². The lowest BCUT2D eigenvalue weighted by atomic mass is 10.0. The van der Waals surface area contributed by atoms with Crippen LogP contribution in [0.5, 0.6) is 11.5 Å². The van der Waals surface area contributed by atoms with E-state index in [0.29, 0.717) is 37.7 Å². The second-order valence-electron chi connectivity index (χ2n) is 7.80. The number of amides is 2. The van der Waals surface area contributed by atoms with E-state index in [0.717, 1.165) is 17.1 Å². The summed E-state index contributed by atoms with van der Waals surface area (Å²) < 4.78 is 11.1. The molecule has 6 nitrogen and oxygen atoms in total. The summed E-state index contributed by atoms with van der Waals surface area (Å²) in [5.74, 6) is 1.71. The van der Waals surface area contributed by atoms with Gasteiger partial charge in [-0.15, -0.1) is 0 Å². The number of methoxy groups -OCH3 is 1. The fourth-order valence-corrected chi connectivity index (χ4v) is 3.61.